The molecule has 29 heavy (non-hydrogen) atoms. The summed E-state index contributed by atoms with van der Waals surface area (Å²) in [6.07, 6.45) is 1.61. The van der Waals surface area contributed by atoms with Gasteiger partial charge in [-0.05, 0) is 6.07 Å². The number of methoxy groups -OCH3 is 2. The van der Waals surface area contributed by atoms with E-state index < -0.39 is 0 Å². The Balaban J connectivity index is 1.99. The van der Waals surface area contributed by atoms with Gasteiger partial charge in [-0.15, -0.1) is 0 Å². The molecule has 0 radical (unpaired) electrons. The minimum atomic E-state index is 0.300. The number of aromatic nitrogens is 3. The Morgan fingerprint density at radius 2 is 1.69 bits per heavy atom. The van der Waals surface area contributed by atoms with Crippen molar-refractivity contribution in [3.05, 3.63) is 28.4 Å². The van der Waals surface area contributed by atoms with E-state index in [0.29, 0.717) is 70.6 Å². The predicted molar refractivity (Wildman–Crippen MR) is 113 cm³/mol. The summed E-state index contributed by atoms with van der Waals surface area (Å²) >= 11 is 13.2. The quantitative estimate of drug-likeness (QED) is 0.665. The highest BCUT2D eigenvalue weighted by Gasteiger charge is 2.24. The lowest BCUT2D eigenvalue weighted by molar-refractivity contribution is 0.122. The summed E-state index contributed by atoms with van der Waals surface area (Å²) in [4.78, 5) is 15.7. The van der Waals surface area contributed by atoms with Gasteiger partial charge in [-0.1, -0.05) is 23.2 Å². The molecule has 1 fully saturated rings. The largest absolute Gasteiger partial charge is 0.495 e. The molecule has 10 heteroatoms. The monoisotopic (exact) mass is 435 g/mol. The fourth-order valence-corrected chi connectivity index (χ4v) is 3.91. The van der Waals surface area contributed by atoms with E-state index in [1.54, 1.807) is 18.3 Å². The fraction of sp³-hybridized carbons (Fsp3) is 0.316. The third-order valence-corrected chi connectivity index (χ3v) is 5.44. The first-order valence-corrected chi connectivity index (χ1v) is 9.65. The molecule has 0 spiro atoms. The Hall–Kier alpha value is -2.55. The lowest BCUT2D eigenvalue weighted by atomic mass is 10.1. The molecule has 1 saturated heterocycles. The van der Waals surface area contributed by atoms with Crippen LogP contribution in [0, 0.1) is 0 Å². The number of pyridine rings is 1. The van der Waals surface area contributed by atoms with Crippen molar-refractivity contribution in [3.8, 4) is 22.9 Å². The maximum absolute atomic E-state index is 6.58. The van der Waals surface area contributed by atoms with Crippen LogP contribution in [0.2, 0.25) is 10.0 Å². The first kappa shape index (κ1) is 19.8. The molecule has 1 aromatic carbocycles. The van der Waals surface area contributed by atoms with Gasteiger partial charge in [0, 0.05) is 24.5 Å². The van der Waals surface area contributed by atoms with Crippen molar-refractivity contribution in [2.45, 2.75) is 0 Å². The highest BCUT2D eigenvalue weighted by Crippen LogP contribution is 2.45. The average Bonchev–Trinajstić information content (AvgIpc) is 2.74. The number of hydrogen-bond acceptors (Lipinski definition) is 8. The number of ether oxygens (including phenoxy) is 3. The Labute approximate surface area is 177 Å². The second kappa shape index (κ2) is 8.06. The molecule has 0 amide bonds. The number of fused-ring (bicyclic) bond motifs is 1. The highest BCUT2D eigenvalue weighted by atomic mass is 35.5. The lowest BCUT2D eigenvalue weighted by Crippen LogP contribution is -2.37. The van der Waals surface area contributed by atoms with Gasteiger partial charge in [0.05, 0.1) is 54.8 Å². The minimum absolute atomic E-state index is 0.300. The van der Waals surface area contributed by atoms with Crippen LogP contribution < -0.4 is 20.1 Å². The van der Waals surface area contributed by atoms with Crippen LogP contribution in [0.25, 0.3) is 22.3 Å². The van der Waals surface area contributed by atoms with E-state index in [9.17, 15) is 0 Å². The Morgan fingerprint density at radius 1 is 1.03 bits per heavy atom. The van der Waals surface area contributed by atoms with Crippen molar-refractivity contribution >= 4 is 45.7 Å². The number of nitrogen functional groups attached to an aromatic ring is 1. The molecular weight excluding hydrogens is 417 g/mol. The highest BCUT2D eigenvalue weighted by molar-refractivity contribution is 6.41. The van der Waals surface area contributed by atoms with Crippen LogP contribution in [0.5, 0.6) is 11.5 Å². The molecule has 3 heterocycles. The molecule has 2 aromatic heterocycles. The number of hydrogen-bond donors (Lipinski definition) is 1. The molecule has 2 N–H and O–H groups in total. The summed E-state index contributed by atoms with van der Waals surface area (Å²) in [5, 5.41) is 1.40. The summed E-state index contributed by atoms with van der Waals surface area (Å²) in [6.45, 7) is 2.60. The third kappa shape index (κ3) is 3.59. The summed E-state index contributed by atoms with van der Waals surface area (Å²) in [5.41, 5.74) is 6.96. The Kier molecular flexibility index (Phi) is 5.49. The van der Waals surface area contributed by atoms with Gasteiger partial charge in [0.1, 0.15) is 23.1 Å². The molecule has 0 unspecified atom stereocenters. The van der Waals surface area contributed by atoms with E-state index >= 15 is 0 Å². The molecule has 1 aliphatic heterocycles. The molecule has 152 valence electrons. The van der Waals surface area contributed by atoms with Gasteiger partial charge in [0.15, 0.2) is 5.82 Å². The topological polar surface area (TPSA) is 95.6 Å². The average molecular weight is 436 g/mol. The number of halogens is 2. The zero-order chi connectivity index (χ0) is 20.5. The minimum Gasteiger partial charge on any atom is -0.495 e. The van der Waals surface area contributed by atoms with Crippen LogP contribution in [0.1, 0.15) is 0 Å². The van der Waals surface area contributed by atoms with Crippen LogP contribution >= 0.6 is 23.2 Å². The molecule has 3 aromatic rings. The van der Waals surface area contributed by atoms with E-state index in [0.717, 1.165) is 11.2 Å². The number of nitrogens with zero attached hydrogens (tertiary/aromatic N) is 4. The van der Waals surface area contributed by atoms with E-state index in [1.807, 2.05) is 0 Å². The fourth-order valence-electron chi connectivity index (χ4n) is 3.24. The molecular formula is C19H19Cl2N5O3. The molecule has 0 saturated carbocycles. The van der Waals surface area contributed by atoms with E-state index in [1.165, 1.54) is 14.2 Å². The van der Waals surface area contributed by atoms with Crippen molar-refractivity contribution in [2.24, 2.45) is 0 Å². The second-order valence-electron chi connectivity index (χ2n) is 6.38. The van der Waals surface area contributed by atoms with Gasteiger partial charge in [0.25, 0.3) is 0 Å². The SMILES string of the molecule is COc1cc(OC)c(Cl)c(-c2nc(N3CCOCC3)c3cc(N)ncc3n2)c1Cl. The molecule has 0 aliphatic carbocycles. The zero-order valence-electron chi connectivity index (χ0n) is 15.9. The molecule has 4 rings (SSSR count). The molecule has 1 aliphatic rings. The van der Waals surface area contributed by atoms with Crippen molar-refractivity contribution < 1.29 is 14.2 Å². The van der Waals surface area contributed by atoms with Gasteiger partial charge in [0.2, 0.25) is 0 Å². The number of anilines is 2. The number of nitrogens with two attached hydrogens (primary N) is 1. The van der Waals surface area contributed by atoms with Crippen molar-refractivity contribution in [1.29, 1.82) is 0 Å². The van der Waals surface area contributed by atoms with Crippen LogP contribution in [-0.4, -0.2) is 55.5 Å². The Morgan fingerprint density at radius 3 is 2.31 bits per heavy atom. The third-order valence-electron chi connectivity index (χ3n) is 4.69. The van der Waals surface area contributed by atoms with Crippen LogP contribution in [0.15, 0.2) is 18.3 Å². The van der Waals surface area contributed by atoms with Gasteiger partial charge in [-0.2, -0.15) is 0 Å². The van der Waals surface area contributed by atoms with Gasteiger partial charge >= 0.3 is 0 Å². The Bertz CT molecular complexity index is 1050. The first-order chi connectivity index (χ1) is 14.0. The maximum Gasteiger partial charge on any atom is 0.165 e. The second-order valence-corrected chi connectivity index (χ2v) is 7.14. The van der Waals surface area contributed by atoms with Crippen molar-refractivity contribution in [2.75, 3.05) is 51.2 Å². The van der Waals surface area contributed by atoms with Crippen LogP contribution in [-0.2, 0) is 4.74 Å². The number of benzene rings is 1. The van der Waals surface area contributed by atoms with Crippen molar-refractivity contribution in [3.63, 3.8) is 0 Å². The normalized spacial score (nSPS) is 14.3. The summed E-state index contributed by atoms with van der Waals surface area (Å²) < 4.78 is 16.2. The van der Waals surface area contributed by atoms with E-state index in [4.69, 9.17) is 48.1 Å². The summed E-state index contributed by atoms with van der Waals surface area (Å²) in [5.74, 6) is 2.28. The molecule has 0 bridgehead atoms. The van der Waals surface area contributed by atoms with Gasteiger partial charge < -0.3 is 24.8 Å². The van der Waals surface area contributed by atoms with E-state index in [2.05, 4.69) is 14.9 Å². The van der Waals surface area contributed by atoms with Gasteiger partial charge in [-0.25, -0.2) is 15.0 Å². The summed E-state index contributed by atoms with van der Waals surface area (Å²) in [7, 11) is 3.04. The molecule has 8 nitrogen and oxygen atoms in total. The van der Waals surface area contributed by atoms with E-state index in [-0.39, 0.29) is 0 Å². The molecule has 0 atom stereocenters. The maximum atomic E-state index is 6.58. The lowest BCUT2D eigenvalue weighted by Gasteiger charge is -2.29. The summed E-state index contributed by atoms with van der Waals surface area (Å²) in [6, 6.07) is 3.39. The number of morpholine rings is 1. The van der Waals surface area contributed by atoms with Gasteiger partial charge in [-0.3, -0.25) is 0 Å². The standard InChI is InChI=1S/C19H19Cl2N5O3/c1-27-12-8-13(28-2)17(21)15(16(12)20)18-24-11-9-23-14(22)7-10(11)19(25-18)26-3-5-29-6-4-26/h7-9H,3-6H2,1-2H3,(H2,22,23). The smallest absolute Gasteiger partial charge is 0.165 e. The van der Waals surface area contributed by atoms with Crippen LogP contribution in [0.4, 0.5) is 11.6 Å². The zero-order valence-corrected chi connectivity index (χ0v) is 17.4. The van der Waals surface area contributed by atoms with Crippen LogP contribution in [0.3, 0.4) is 0 Å². The predicted octanol–water partition coefficient (Wildman–Crippen LogP) is 3.43. The number of rotatable bonds is 4. The first-order valence-electron chi connectivity index (χ1n) is 8.89. The van der Waals surface area contributed by atoms with Crippen molar-refractivity contribution in [1.82, 2.24) is 15.0 Å².